The summed E-state index contributed by atoms with van der Waals surface area (Å²) in [5, 5.41) is 40.6. The lowest BCUT2D eigenvalue weighted by atomic mass is 9.89. The van der Waals surface area contributed by atoms with E-state index in [1.54, 1.807) is 18.2 Å². The van der Waals surface area contributed by atoms with E-state index in [0.29, 0.717) is 12.1 Å². The number of benzene rings is 2. The summed E-state index contributed by atoms with van der Waals surface area (Å²) in [6.45, 7) is 0.708. The summed E-state index contributed by atoms with van der Waals surface area (Å²) in [4.78, 5) is 0. The lowest BCUT2D eigenvalue weighted by Crippen LogP contribution is -3.01. The minimum absolute atomic E-state index is 0.0819. The molecule has 1 aliphatic rings. The van der Waals surface area contributed by atoms with Crippen molar-refractivity contribution in [2.75, 3.05) is 6.54 Å². The van der Waals surface area contributed by atoms with E-state index in [9.17, 15) is 20.6 Å². The SMILES string of the molecule is Oc1ccc2c(c1)CCNC2c1cc([NH+](O)O)ccc1O. The molecule has 3 rings (SSSR count). The quantitative estimate of drug-likeness (QED) is 0.360. The van der Waals surface area contributed by atoms with Crippen LogP contribution in [-0.4, -0.2) is 27.2 Å². The number of nitrogens with one attached hydrogen (secondary N) is 2. The fraction of sp³-hybridized carbons (Fsp3) is 0.200. The summed E-state index contributed by atoms with van der Waals surface area (Å²) in [6, 6.07) is 9.31. The predicted molar refractivity (Wildman–Crippen MR) is 74.0 cm³/mol. The number of aromatic hydroxyl groups is 2. The Morgan fingerprint density at radius 2 is 1.81 bits per heavy atom. The Morgan fingerprint density at radius 1 is 1.00 bits per heavy atom. The molecule has 6 N–H and O–H groups in total. The van der Waals surface area contributed by atoms with Crippen molar-refractivity contribution in [1.29, 1.82) is 0 Å². The number of phenols is 2. The molecule has 1 heterocycles. The van der Waals surface area contributed by atoms with E-state index < -0.39 is 5.23 Å². The first-order valence-corrected chi connectivity index (χ1v) is 6.69. The molecule has 6 heteroatoms. The van der Waals surface area contributed by atoms with Gasteiger partial charge in [0, 0.05) is 24.2 Å². The van der Waals surface area contributed by atoms with E-state index in [1.165, 1.54) is 12.1 Å². The smallest absolute Gasteiger partial charge is 0.197 e. The molecule has 110 valence electrons. The summed E-state index contributed by atoms with van der Waals surface area (Å²) in [6.07, 6.45) is 0.790. The van der Waals surface area contributed by atoms with Crippen LogP contribution < -0.4 is 10.5 Å². The number of hydrogen-bond donors (Lipinski definition) is 6. The summed E-state index contributed by atoms with van der Waals surface area (Å²) in [7, 11) is 0. The van der Waals surface area contributed by atoms with Crippen molar-refractivity contribution in [3.8, 4) is 11.5 Å². The zero-order valence-corrected chi connectivity index (χ0v) is 11.2. The van der Waals surface area contributed by atoms with Crippen LogP contribution in [0.15, 0.2) is 36.4 Å². The second-order valence-electron chi connectivity index (χ2n) is 5.12. The number of rotatable bonds is 2. The molecule has 0 saturated heterocycles. The Balaban J connectivity index is 2.08. The average molecular weight is 289 g/mol. The summed E-state index contributed by atoms with van der Waals surface area (Å²) >= 11 is 0. The first-order valence-electron chi connectivity index (χ1n) is 6.69. The summed E-state index contributed by atoms with van der Waals surface area (Å²) < 4.78 is 0. The topological polar surface area (TPSA) is 97.4 Å². The van der Waals surface area contributed by atoms with Gasteiger partial charge >= 0.3 is 0 Å². The first kappa shape index (κ1) is 13.8. The molecule has 0 bridgehead atoms. The zero-order chi connectivity index (χ0) is 15.0. The molecule has 0 fully saturated rings. The van der Waals surface area contributed by atoms with Crippen LogP contribution in [0.4, 0.5) is 5.69 Å². The molecular weight excluding hydrogens is 272 g/mol. The van der Waals surface area contributed by atoms with Crippen LogP contribution in [0, 0.1) is 0 Å². The van der Waals surface area contributed by atoms with E-state index in [-0.39, 0.29) is 23.2 Å². The number of quaternary nitrogens is 1. The number of hydrogen-bond acceptors (Lipinski definition) is 5. The molecule has 2 aromatic carbocycles. The molecule has 1 atom stereocenters. The van der Waals surface area contributed by atoms with Crippen LogP contribution in [-0.2, 0) is 6.42 Å². The molecule has 0 radical (unpaired) electrons. The highest BCUT2D eigenvalue weighted by Crippen LogP contribution is 2.35. The minimum Gasteiger partial charge on any atom is -0.508 e. The van der Waals surface area contributed by atoms with Gasteiger partial charge in [0.15, 0.2) is 5.69 Å². The van der Waals surface area contributed by atoms with Gasteiger partial charge in [-0.15, -0.1) is 0 Å². The molecule has 1 aliphatic heterocycles. The van der Waals surface area contributed by atoms with Crippen LogP contribution in [0.5, 0.6) is 11.5 Å². The van der Waals surface area contributed by atoms with Gasteiger partial charge < -0.3 is 15.5 Å². The Kier molecular flexibility index (Phi) is 3.52. The molecule has 21 heavy (non-hydrogen) atoms. The first-order chi connectivity index (χ1) is 10.1. The van der Waals surface area contributed by atoms with Crippen molar-refractivity contribution in [3.05, 3.63) is 53.1 Å². The van der Waals surface area contributed by atoms with Crippen molar-refractivity contribution in [3.63, 3.8) is 0 Å². The van der Waals surface area contributed by atoms with Crippen LogP contribution >= 0.6 is 0 Å². The van der Waals surface area contributed by atoms with E-state index in [2.05, 4.69) is 5.32 Å². The third kappa shape index (κ3) is 2.57. The van der Waals surface area contributed by atoms with Gasteiger partial charge in [-0.05, 0) is 41.0 Å². The molecule has 0 spiro atoms. The Hall–Kier alpha value is -2.12. The molecule has 0 aromatic heterocycles. The van der Waals surface area contributed by atoms with Gasteiger partial charge in [-0.3, -0.25) is 0 Å². The van der Waals surface area contributed by atoms with Crippen molar-refractivity contribution >= 4 is 5.69 Å². The third-order valence-electron chi connectivity index (χ3n) is 3.78. The highest BCUT2D eigenvalue weighted by atomic mass is 16.8. The monoisotopic (exact) mass is 289 g/mol. The van der Waals surface area contributed by atoms with Crippen LogP contribution in [0.3, 0.4) is 0 Å². The molecule has 0 aliphatic carbocycles. The van der Waals surface area contributed by atoms with Crippen molar-refractivity contribution in [1.82, 2.24) is 5.32 Å². The molecule has 1 unspecified atom stereocenters. The lowest BCUT2D eigenvalue weighted by Gasteiger charge is -2.28. The van der Waals surface area contributed by atoms with Gasteiger partial charge in [0.1, 0.15) is 11.5 Å². The lowest BCUT2D eigenvalue weighted by molar-refractivity contribution is -1.19. The number of fused-ring (bicyclic) bond motifs is 1. The molecule has 6 nitrogen and oxygen atoms in total. The minimum atomic E-state index is -0.780. The van der Waals surface area contributed by atoms with E-state index in [1.807, 2.05) is 6.07 Å². The Bertz CT molecular complexity index is 673. The molecule has 0 saturated carbocycles. The normalized spacial score (nSPS) is 17.8. The maximum absolute atomic E-state index is 10.1. The van der Waals surface area contributed by atoms with Crippen molar-refractivity contribution in [2.24, 2.45) is 0 Å². The highest BCUT2D eigenvalue weighted by Gasteiger charge is 2.25. The third-order valence-corrected chi connectivity index (χ3v) is 3.78. The van der Waals surface area contributed by atoms with Gasteiger partial charge in [-0.2, -0.15) is 10.4 Å². The maximum atomic E-state index is 10.1. The van der Waals surface area contributed by atoms with Crippen LogP contribution in [0.2, 0.25) is 0 Å². The fourth-order valence-corrected chi connectivity index (χ4v) is 2.75. The standard InChI is InChI=1S/C15H16N2O4/c18-11-2-3-12-9(7-11)5-6-16-15(12)13-8-10(17(20)21)1-4-14(13)19/h1-4,7-8,15-16,18-21H,5-6H2/p+1. The largest absolute Gasteiger partial charge is 0.508 e. The Labute approximate surface area is 121 Å². The van der Waals surface area contributed by atoms with E-state index in [4.69, 9.17) is 0 Å². The molecule has 2 aromatic rings. The van der Waals surface area contributed by atoms with Gasteiger partial charge in [-0.25, -0.2) is 0 Å². The summed E-state index contributed by atoms with van der Waals surface area (Å²) in [5.41, 5.74) is 2.79. The van der Waals surface area contributed by atoms with Crippen molar-refractivity contribution in [2.45, 2.75) is 12.5 Å². The van der Waals surface area contributed by atoms with Gasteiger partial charge in [0.2, 0.25) is 0 Å². The predicted octanol–water partition coefficient (Wildman–Crippen LogP) is 0.628. The second kappa shape index (κ2) is 5.34. The van der Waals surface area contributed by atoms with E-state index >= 15 is 0 Å². The second-order valence-corrected chi connectivity index (χ2v) is 5.12. The number of phenolic OH excluding ortho intramolecular Hbond substituents is 2. The zero-order valence-electron chi connectivity index (χ0n) is 11.2. The van der Waals surface area contributed by atoms with Crippen molar-refractivity contribution < 1.29 is 25.9 Å². The van der Waals surface area contributed by atoms with Gasteiger partial charge in [0.05, 0.1) is 6.04 Å². The van der Waals surface area contributed by atoms with Gasteiger partial charge in [-0.1, -0.05) is 6.07 Å². The highest BCUT2D eigenvalue weighted by molar-refractivity contribution is 5.50. The average Bonchev–Trinajstić information content (AvgIpc) is 2.46. The summed E-state index contributed by atoms with van der Waals surface area (Å²) in [5.74, 6) is 0.298. The molecule has 0 amide bonds. The van der Waals surface area contributed by atoms with Crippen LogP contribution in [0.1, 0.15) is 22.7 Å². The van der Waals surface area contributed by atoms with Crippen LogP contribution in [0.25, 0.3) is 0 Å². The maximum Gasteiger partial charge on any atom is 0.197 e. The van der Waals surface area contributed by atoms with Gasteiger partial charge in [0.25, 0.3) is 0 Å². The fourth-order valence-electron chi connectivity index (χ4n) is 2.75. The van der Waals surface area contributed by atoms with E-state index in [0.717, 1.165) is 17.5 Å². The molecular formula is C15H17N2O4+. The Morgan fingerprint density at radius 3 is 2.57 bits per heavy atom.